The van der Waals surface area contributed by atoms with Crippen molar-refractivity contribution in [2.45, 2.75) is 13.8 Å². The van der Waals surface area contributed by atoms with Gasteiger partial charge in [-0.15, -0.1) is 0 Å². The van der Waals surface area contributed by atoms with Crippen LogP contribution in [0.5, 0.6) is 0 Å². The van der Waals surface area contributed by atoms with E-state index in [9.17, 15) is 4.79 Å². The monoisotopic (exact) mass is 236 g/mol. The van der Waals surface area contributed by atoms with Crippen LogP contribution in [0.25, 0.3) is 0 Å². The van der Waals surface area contributed by atoms with E-state index in [1.807, 2.05) is 0 Å². The van der Waals surface area contributed by atoms with Crippen molar-refractivity contribution in [2.75, 3.05) is 31.9 Å². The molecule has 0 atom stereocenters. The Morgan fingerprint density at radius 3 is 2.76 bits per heavy atom. The van der Waals surface area contributed by atoms with Crippen molar-refractivity contribution >= 4 is 11.6 Å². The van der Waals surface area contributed by atoms with Crippen LogP contribution in [-0.2, 0) is 0 Å². The Morgan fingerprint density at radius 1 is 1.47 bits per heavy atom. The van der Waals surface area contributed by atoms with Crippen LogP contribution in [-0.4, -0.2) is 42.0 Å². The molecule has 0 saturated heterocycles. The molecular formula is C12H20N4O. The summed E-state index contributed by atoms with van der Waals surface area (Å²) < 4.78 is 0. The highest BCUT2D eigenvalue weighted by Crippen LogP contribution is 2.02. The van der Waals surface area contributed by atoms with Crippen molar-refractivity contribution in [3.05, 3.63) is 24.0 Å². The number of carbonyl (C=O) groups excluding carboxylic acids is 1. The largest absolute Gasteiger partial charge is 0.399 e. The third-order valence-corrected chi connectivity index (χ3v) is 2.62. The van der Waals surface area contributed by atoms with Gasteiger partial charge < -0.3 is 16.0 Å². The van der Waals surface area contributed by atoms with E-state index >= 15 is 0 Å². The minimum absolute atomic E-state index is 0.176. The summed E-state index contributed by atoms with van der Waals surface area (Å²) in [5, 5.41) is 2.83. The molecule has 0 aliphatic heterocycles. The number of nitrogens with one attached hydrogen (secondary N) is 1. The summed E-state index contributed by atoms with van der Waals surface area (Å²) in [4.78, 5) is 17.9. The first-order chi connectivity index (χ1) is 8.17. The van der Waals surface area contributed by atoms with Crippen LogP contribution in [0.3, 0.4) is 0 Å². The molecule has 0 aliphatic carbocycles. The van der Waals surface area contributed by atoms with Gasteiger partial charge in [-0.1, -0.05) is 13.8 Å². The summed E-state index contributed by atoms with van der Waals surface area (Å²) >= 11 is 0. The van der Waals surface area contributed by atoms with E-state index in [4.69, 9.17) is 5.73 Å². The molecule has 1 rings (SSSR count). The lowest BCUT2D eigenvalue weighted by Gasteiger charge is -2.17. The number of hydrogen-bond acceptors (Lipinski definition) is 4. The third kappa shape index (κ3) is 4.40. The van der Waals surface area contributed by atoms with Crippen molar-refractivity contribution in [1.82, 2.24) is 15.2 Å². The van der Waals surface area contributed by atoms with E-state index in [-0.39, 0.29) is 5.91 Å². The number of nitrogen functional groups attached to an aromatic ring is 1. The molecule has 5 nitrogen and oxygen atoms in total. The van der Waals surface area contributed by atoms with Crippen LogP contribution in [0.15, 0.2) is 18.3 Å². The topological polar surface area (TPSA) is 71.2 Å². The van der Waals surface area contributed by atoms with Gasteiger partial charge in [-0.05, 0) is 25.2 Å². The van der Waals surface area contributed by atoms with Crippen molar-refractivity contribution < 1.29 is 4.79 Å². The van der Waals surface area contributed by atoms with Gasteiger partial charge in [0.1, 0.15) is 5.69 Å². The van der Waals surface area contributed by atoms with E-state index < -0.39 is 0 Å². The Bertz CT molecular complexity index is 363. The summed E-state index contributed by atoms with van der Waals surface area (Å²) in [6.45, 7) is 7.65. The quantitative estimate of drug-likeness (QED) is 0.764. The minimum Gasteiger partial charge on any atom is -0.399 e. The van der Waals surface area contributed by atoms with Gasteiger partial charge in [0.25, 0.3) is 5.91 Å². The van der Waals surface area contributed by atoms with Crippen molar-refractivity contribution in [3.8, 4) is 0 Å². The molecule has 0 aliphatic rings. The number of likely N-dealkylation sites (N-methyl/N-ethyl adjacent to an activating group) is 1. The lowest BCUT2D eigenvalue weighted by molar-refractivity contribution is 0.0944. The van der Waals surface area contributed by atoms with Crippen LogP contribution >= 0.6 is 0 Å². The highest BCUT2D eigenvalue weighted by molar-refractivity contribution is 5.92. The van der Waals surface area contributed by atoms with Crippen LogP contribution in [0.1, 0.15) is 24.3 Å². The molecule has 1 aromatic heterocycles. The van der Waals surface area contributed by atoms with E-state index in [1.165, 1.54) is 6.20 Å². The minimum atomic E-state index is -0.176. The molecule has 3 N–H and O–H groups in total. The van der Waals surface area contributed by atoms with Crippen LogP contribution in [0.2, 0.25) is 0 Å². The molecular weight excluding hydrogens is 216 g/mol. The van der Waals surface area contributed by atoms with Gasteiger partial charge in [-0.2, -0.15) is 0 Å². The Hall–Kier alpha value is -1.62. The maximum absolute atomic E-state index is 11.7. The zero-order valence-corrected chi connectivity index (χ0v) is 10.4. The summed E-state index contributed by atoms with van der Waals surface area (Å²) in [6.07, 6.45) is 1.54. The zero-order valence-electron chi connectivity index (χ0n) is 10.4. The smallest absolute Gasteiger partial charge is 0.269 e. The molecule has 5 heteroatoms. The lowest BCUT2D eigenvalue weighted by atomic mass is 10.3. The Morgan fingerprint density at radius 2 is 2.18 bits per heavy atom. The number of hydrogen-bond donors (Lipinski definition) is 2. The number of anilines is 1. The highest BCUT2D eigenvalue weighted by Gasteiger charge is 2.07. The van der Waals surface area contributed by atoms with E-state index in [2.05, 4.69) is 29.0 Å². The second-order valence-corrected chi connectivity index (χ2v) is 3.76. The Kier molecular flexibility index (Phi) is 5.42. The van der Waals surface area contributed by atoms with E-state index in [0.717, 1.165) is 19.6 Å². The van der Waals surface area contributed by atoms with Crippen molar-refractivity contribution in [2.24, 2.45) is 0 Å². The van der Waals surface area contributed by atoms with Gasteiger partial charge in [0, 0.05) is 25.0 Å². The Labute approximate surface area is 102 Å². The molecule has 17 heavy (non-hydrogen) atoms. The Balaban J connectivity index is 2.40. The summed E-state index contributed by atoms with van der Waals surface area (Å²) in [5.41, 5.74) is 6.50. The third-order valence-electron chi connectivity index (χ3n) is 2.62. The number of amides is 1. The molecule has 0 fully saturated rings. The van der Waals surface area contributed by atoms with E-state index in [0.29, 0.717) is 17.9 Å². The number of rotatable bonds is 6. The van der Waals surface area contributed by atoms with Crippen LogP contribution in [0, 0.1) is 0 Å². The number of pyridine rings is 1. The van der Waals surface area contributed by atoms with Gasteiger partial charge in [0.05, 0.1) is 0 Å². The molecule has 1 amide bonds. The average Bonchev–Trinajstić information content (AvgIpc) is 2.34. The maximum atomic E-state index is 11.7. The second kappa shape index (κ2) is 6.85. The molecule has 0 spiro atoms. The number of aromatic nitrogens is 1. The molecule has 0 aromatic carbocycles. The van der Waals surface area contributed by atoms with Crippen molar-refractivity contribution in [3.63, 3.8) is 0 Å². The molecule has 94 valence electrons. The SMILES string of the molecule is CCN(CC)CCNC(=O)c1cc(N)ccn1. The van der Waals surface area contributed by atoms with Gasteiger partial charge >= 0.3 is 0 Å². The van der Waals surface area contributed by atoms with Crippen molar-refractivity contribution in [1.29, 1.82) is 0 Å². The molecule has 0 radical (unpaired) electrons. The standard InChI is InChI=1S/C12H20N4O/c1-3-16(4-2)8-7-15-12(17)11-9-10(13)5-6-14-11/h5-6,9H,3-4,7-8H2,1-2H3,(H2,13,14)(H,15,17). The number of carbonyl (C=O) groups is 1. The van der Waals surface area contributed by atoms with Gasteiger partial charge in [-0.25, -0.2) is 0 Å². The van der Waals surface area contributed by atoms with E-state index in [1.54, 1.807) is 12.1 Å². The highest BCUT2D eigenvalue weighted by atomic mass is 16.1. The van der Waals surface area contributed by atoms with Gasteiger partial charge in [0.2, 0.25) is 0 Å². The summed E-state index contributed by atoms with van der Waals surface area (Å²) in [6, 6.07) is 3.24. The first-order valence-corrected chi connectivity index (χ1v) is 5.89. The first-order valence-electron chi connectivity index (χ1n) is 5.89. The second-order valence-electron chi connectivity index (χ2n) is 3.76. The van der Waals surface area contributed by atoms with Crippen LogP contribution in [0.4, 0.5) is 5.69 Å². The molecule has 0 bridgehead atoms. The number of nitrogens with zero attached hydrogens (tertiary/aromatic N) is 2. The fourth-order valence-electron chi connectivity index (χ4n) is 1.53. The average molecular weight is 236 g/mol. The fraction of sp³-hybridized carbons (Fsp3) is 0.500. The zero-order chi connectivity index (χ0) is 12.7. The first kappa shape index (κ1) is 13.4. The molecule has 0 unspecified atom stereocenters. The molecule has 1 aromatic rings. The predicted octanol–water partition coefficient (Wildman–Crippen LogP) is 0.735. The maximum Gasteiger partial charge on any atom is 0.269 e. The summed E-state index contributed by atoms with van der Waals surface area (Å²) in [7, 11) is 0. The normalized spacial score (nSPS) is 10.5. The molecule has 0 saturated carbocycles. The fourth-order valence-corrected chi connectivity index (χ4v) is 1.53. The van der Waals surface area contributed by atoms with Crippen LogP contribution < -0.4 is 11.1 Å². The summed E-state index contributed by atoms with van der Waals surface area (Å²) in [5.74, 6) is -0.176. The number of nitrogens with two attached hydrogens (primary N) is 1. The van der Waals surface area contributed by atoms with Gasteiger partial charge in [0.15, 0.2) is 0 Å². The lowest BCUT2D eigenvalue weighted by Crippen LogP contribution is -2.35. The molecule has 1 heterocycles. The predicted molar refractivity (Wildman–Crippen MR) is 68.8 cm³/mol. The van der Waals surface area contributed by atoms with Gasteiger partial charge in [-0.3, -0.25) is 9.78 Å².